The zero-order chi connectivity index (χ0) is 14.5. The number of nitrogens with zero attached hydrogens (tertiary/aromatic N) is 3. The zero-order valence-corrected chi connectivity index (χ0v) is 12.7. The Morgan fingerprint density at radius 1 is 1.40 bits per heavy atom. The molecule has 1 heterocycles. The van der Waals surface area contributed by atoms with Gasteiger partial charge in [0.2, 0.25) is 0 Å². The predicted molar refractivity (Wildman–Crippen MR) is 78.9 cm³/mol. The van der Waals surface area contributed by atoms with Crippen molar-refractivity contribution in [1.29, 1.82) is 0 Å². The highest BCUT2D eigenvalue weighted by Crippen LogP contribution is 2.29. The molecule has 2 aromatic rings. The summed E-state index contributed by atoms with van der Waals surface area (Å²) < 4.78 is 6.54. The Morgan fingerprint density at radius 3 is 2.80 bits per heavy atom. The number of esters is 1. The van der Waals surface area contributed by atoms with E-state index in [2.05, 4.69) is 14.9 Å². The number of hydrogen-bond acceptors (Lipinski definition) is 5. The first kappa shape index (κ1) is 14.9. The third kappa shape index (κ3) is 3.13. The minimum atomic E-state index is -0.292. The van der Waals surface area contributed by atoms with Gasteiger partial charge in [0, 0.05) is 12.1 Å². The molecule has 0 amide bonds. The van der Waals surface area contributed by atoms with Crippen molar-refractivity contribution < 1.29 is 9.53 Å². The van der Waals surface area contributed by atoms with Gasteiger partial charge in [-0.25, -0.2) is 0 Å². The molecule has 1 aromatic carbocycles. The monoisotopic (exact) mass is 311 g/mol. The van der Waals surface area contributed by atoms with Crippen molar-refractivity contribution in [2.45, 2.75) is 18.6 Å². The lowest BCUT2D eigenvalue weighted by atomic mass is 10.2. The van der Waals surface area contributed by atoms with Crippen molar-refractivity contribution in [3.8, 4) is 11.4 Å². The molecule has 1 aromatic heterocycles. The van der Waals surface area contributed by atoms with E-state index in [0.29, 0.717) is 22.5 Å². The summed E-state index contributed by atoms with van der Waals surface area (Å²) in [5.41, 5.74) is 0.827. The molecule has 0 aliphatic carbocycles. The van der Waals surface area contributed by atoms with Crippen LogP contribution in [0.1, 0.15) is 6.92 Å². The lowest BCUT2D eigenvalue weighted by Gasteiger charge is -2.07. The van der Waals surface area contributed by atoms with Crippen molar-refractivity contribution >= 4 is 29.3 Å². The second-order valence-corrected chi connectivity index (χ2v) is 5.24. The van der Waals surface area contributed by atoms with Crippen LogP contribution in [0.2, 0.25) is 5.02 Å². The van der Waals surface area contributed by atoms with Gasteiger partial charge in [0.05, 0.1) is 17.9 Å². The van der Waals surface area contributed by atoms with Crippen LogP contribution in [0, 0.1) is 0 Å². The summed E-state index contributed by atoms with van der Waals surface area (Å²) in [4.78, 5) is 11.2. The Hall–Kier alpha value is -1.53. The summed E-state index contributed by atoms with van der Waals surface area (Å²) in [7, 11) is 1.36. The maximum atomic E-state index is 11.2. The van der Waals surface area contributed by atoms with Crippen LogP contribution in [0.3, 0.4) is 0 Å². The third-order valence-electron chi connectivity index (χ3n) is 2.69. The van der Waals surface area contributed by atoms with Crippen molar-refractivity contribution in [3.05, 3.63) is 29.3 Å². The van der Waals surface area contributed by atoms with Gasteiger partial charge in [-0.15, -0.1) is 10.2 Å². The Morgan fingerprint density at radius 2 is 2.15 bits per heavy atom. The van der Waals surface area contributed by atoms with Gasteiger partial charge in [0.15, 0.2) is 11.0 Å². The van der Waals surface area contributed by atoms with Crippen LogP contribution in [-0.4, -0.2) is 33.6 Å². The summed E-state index contributed by atoms with van der Waals surface area (Å²) in [6, 6.07) is 7.47. The molecule has 106 valence electrons. The number of ether oxygens (including phenoxy) is 1. The van der Waals surface area contributed by atoms with E-state index in [1.54, 1.807) is 0 Å². The first-order valence-corrected chi connectivity index (χ1v) is 7.41. The van der Waals surface area contributed by atoms with Gasteiger partial charge in [-0.05, 0) is 19.1 Å². The molecule has 5 nitrogen and oxygen atoms in total. The van der Waals surface area contributed by atoms with Gasteiger partial charge >= 0.3 is 5.97 Å². The zero-order valence-electron chi connectivity index (χ0n) is 11.2. The predicted octanol–water partition coefficient (Wildman–Crippen LogP) is 2.88. The highest BCUT2D eigenvalue weighted by Gasteiger charge is 2.16. The molecule has 0 spiro atoms. The first-order valence-electron chi connectivity index (χ1n) is 6.05. The Balaban J connectivity index is 2.30. The van der Waals surface area contributed by atoms with E-state index in [4.69, 9.17) is 11.6 Å². The highest BCUT2D eigenvalue weighted by atomic mass is 35.5. The van der Waals surface area contributed by atoms with Gasteiger partial charge < -0.3 is 9.30 Å². The molecular formula is C13H14ClN3O2S. The minimum absolute atomic E-state index is 0.206. The molecule has 0 fully saturated rings. The normalized spacial score (nSPS) is 10.6. The molecule has 0 bridgehead atoms. The van der Waals surface area contributed by atoms with Gasteiger partial charge in [0.25, 0.3) is 0 Å². The van der Waals surface area contributed by atoms with E-state index in [9.17, 15) is 4.79 Å². The Kier molecular flexibility index (Phi) is 5.03. The summed E-state index contributed by atoms with van der Waals surface area (Å²) in [6.07, 6.45) is 0. The molecule has 0 saturated carbocycles. The number of carbonyl (C=O) groups is 1. The Labute approximate surface area is 126 Å². The summed E-state index contributed by atoms with van der Waals surface area (Å²) in [5.74, 6) is 0.613. The average molecular weight is 312 g/mol. The maximum absolute atomic E-state index is 11.2. The van der Waals surface area contributed by atoms with Crippen LogP contribution < -0.4 is 0 Å². The van der Waals surface area contributed by atoms with E-state index in [1.807, 2.05) is 35.8 Å². The molecule has 0 atom stereocenters. The summed E-state index contributed by atoms with van der Waals surface area (Å²) >= 11 is 7.48. The van der Waals surface area contributed by atoms with Crippen LogP contribution >= 0.6 is 23.4 Å². The van der Waals surface area contributed by atoms with Crippen LogP contribution in [0.15, 0.2) is 29.4 Å². The summed E-state index contributed by atoms with van der Waals surface area (Å²) in [6.45, 7) is 2.68. The van der Waals surface area contributed by atoms with E-state index < -0.39 is 0 Å². The molecular weight excluding hydrogens is 298 g/mol. The van der Waals surface area contributed by atoms with Crippen LogP contribution in [-0.2, 0) is 16.1 Å². The van der Waals surface area contributed by atoms with Crippen LogP contribution in [0.25, 0.3) is 11.4 Å². The third-order valence-corrected chi connectivity index (χ3v) is 3.96. The lowest BCUT2D eigenvalue weighted by Crippen LogP contribution is -2.05. The summed E-state index contributed by atoms with van der Waals surface area (Å²) in [5, 5.41) is 9.60. The van der Waals surface area contributed by atoms with E-state index >= 15 is 0 Å². The number of rotatable bonds is 5. The van der Waals surface area contributed by atoms with Crippen molar-refractivity contribution in [2.75, 3.05) is 12.9 Å². The molecule has 0 radical (unpaired) electrons. The van der Waals surface area contributed by atoms with E-state index in [0.717, 1.165) is 5.56 Å². The molecule has 20 heavy (non-hydrogen) atoms. The van der Waals surface area contributed by atoms with Crippen molar-refractivity contribution in [1.82, 2.24) is 14.8 Å². The fraction of sp³-hybridized carbons (Fsp3) is 0.308. The number of hydrogen-bond donors (Lipinski definition) is 0. The van der Waals surface area contributed by atoms with Crippen LogP contribution in [0.5, 0.6) is 0 Å². The fourth-order valence-electron chi connectivity index (χ4n) is 1.70. The Bertz CT molecular complexity index is 615. The van der Waals surface area contributed by atoms with Gasteiger partial charge in [0.1, 0.15) is 0 Å². The van der Waals surface area contributed by atoms with Crippen LogP contribution in [0.4, 0.5) is 0 Å². The van der Waals surface area contributed by atoms with Crippen molar-refractivity contribution in [2.24, 2.45) is 0 Å². The number of benzene rings is 1. The van der Waals surface area contributed by atoms with Gasteiger partial charge in [-0.2, -0.15) is 0 Å². The van der Waals surface area contributed by atoms with Gasteiger partial charge in [-0.1, -0.05) is 35.5 Å². The lowest BCUT2D eigenvalue weighted by molar-refractivity contribution is -0.137. The molecule has 0 aliphatic rings. The van der Waals surface area contributed by atoms with Gasteiger partial charge in [-0.3, -0.25) is 4.79 Å². The smallest absolute Gasteiger partial charge is 0.316 e. The number of halogens is 1. The number of aromatic nitrogens is 3. The first-order chi connectivity index (χ1) is 9.67. The maximum Gasteiger partial charge on any atom is 0.316 e. The average Bonchev–Trinajstić information content (AvgIpc) is 2.87. The minimum Gasteiger partial charge on any atom is -0.468 e. The van der Waals surface area contributed by atoms with E-state index in [-0.39, 0.29) is 11.7 Å². The standard InChI is InChI=1S/C13H14ClN3O2S/c1-3-17-12(9-6-4-5-7-10(9)14)15-16-13(17)20-8-11(18)19-2/h4-7H,3,8H2,1-2H3. The molecule has 0 saturated heterocycles. The SMILES string of the molecule is CCn1c(SCC(=O)OC)nnc1-c1ccccc1Cl. The second kappa shape index (κ2) is 6.76. The largest absolute Gasteiger partial charge is 0.468 e. The van der Waals surface area contributed by atoms with E-state index in [1.165, 1.54) is 18.9 Å². The molecule has 0 N–H and O–H groups in total. The molecule has 0 unspecified atom stereocenters. The number of methoxy groups -OCH3 is 1. The fourth-order valence-corrected chi connectivity index (χ4v) is 2.76. The van der Waals surface area contributed by atoms with Crippen molar-refractivity contribution in [3.63, 3.8) is 0 Å². The quantitative estimate of drug-likeness (QED) is 0.628. The number of carbonyl (C=O) groups excluding carboxylic acids is 1. The molecule has 2 rings (SSSR count). The molecule has 7 heteroatoms. The number of thioether (sulfide) groups is 1. The second-order valence-electron chi connectivity index (χ2n) is 3.90. The molecule has 0 aliphatic heterocycles. The highest BCUT2D eigenvalue weighted by molar-refractivity contribution is 7.99. The topological polar surface area (TPSA) is 57.0 Å².